The molecule has 0 saturated carbocycles. The normalized spacial score (nSPS) is 10.8. The molecule has 0 saturated heterocycles. The maximum atomic E-state index is 9.31. The van der Waals surface area contributed by atoms with Gasteiger partial charge >= 0.3 is 0 Å². The molecule has 2 aromatic rings. The Bertz CT molecular complexity index is 572. The Morgan fingerprint density at radius 3 is 2.20 bits per heavy atom. The summed E-state index contributed by atoms with van der Waals surface area (Å²) in [4.78, 5) is 0. The number of aliphatic hydroxyl groups excluding tert-OH is 1. The summed E-state index contributed by atoms with van der Waals surface area (Å²) in [5.74, 6) is 0. The van der Waals surface area contributed by atoms with Gasteiger partial charge in [-0.05, 0) is 53.8 Å². The Morgan fingerprint density at radius 1 is 1.00 bits per heavy atom. The highest BCUT2D eigenvalue weighted by molar-refractivity contribution is 6.30. The summed E-state index contributed by atoms with van der Waals surface area (Å²) in [6.45, 7) is 5.79. The molecule has 0 fully saturated rings. The van der Waals surface area contributed by atoms with Crippen molar-refractivity contribution in [2.45, 2.75) is 33.5 Å². The molecular weight excluding hydrogens is 270 g/mol. The molecule has 20 heavy (non-hydrogen) atoms. The second kappa shape index (κ2) is 6.89. The molecule has 3 heteroatoms. The zero-order valence-corrected chi connectivity index (χ0v) is 12.7. The van der Waals surface area contributed by atoms with E-state index in [4.69, 9.17) is 11.6 Å². The van der Waals surface area contributed by atoms with Crippen molar-refractivity contribution in [3.05, 3.63) is 69.2 Å². The second-order valence-electron chi connectivity index (χ2n) is 5.05. The standard InChI is InChI=1S/C17H20ClNO/c1-12-7-16(18)8-13(2)17(12)10-19-9-14-5-3-4-6-15(14)11-20/h3-8,19-20H,9-11H2,1-2H3. The third kappa shape index (κ3) is 3.60. The predicted octanol–water partition coefficient (Wildman–Crippen LogP) is 3.74. The van der Waals surface area contributed by atoms with Crippen LogP contribution < -0.4 is 5.32 Å². The number of benzene rings is 2. The van der Waals surface area contributed by atoms with E-state index in [1.54, 1.807) is 0 Å². The van der Waals surface area contributed by atoms with E-state index >= 15 is 0 Å². The van der Waals surface area contributed by atoms with Crippen LogP contribution in [0.5, 0.6) is 0 Å². The van der Waals surface area contributed by atoms with Gasteiger partial charge in [0, 0.05) is 18.1 Å². The quantitative estimate of drug-likeness (QED) is 0.879. The van der Waals surface area contributed by atoms with E-state index in [-0.39, 0.29) is 6.61 Å². The van der Waals surface area contributed by atoms with Crippen LogP contribution in [-0.4, -0.2) is 5.11 Å². The number of hydrogen-bond acceptors (Lipinski definition) is 2. The Kier molecular flexibility index (Phi) is 5.18. The van der Waals surface area contributed by atoms with Crippen LogP contribution in [0.25, 0.3) is 0 Å². The summed E-state index contributed by atoms with van der Waals surface area (Å²) in [7, 11) is 0. The van der Waals surface area contributed by atoms with Crippen molar-refractivity contribution in [1.29, 1.82) is 0 Å². The summed E-state index contributed by atoms with van der Waals surface area (Å²) in [5, 5.41) is 13.5. The summed E-state index contributed by atoms with van der Waals surface area (Å²) >= 11 is 6.04. The molecule has 0 aliphatic rings. The smallest absolute Gasteiger partial charge is 0.0685 e. The number of hydrogen-bond donors (Lipinski definition) is 2. The van der Waals surface area contributed by atoms with Gasteiger partial charge in [-0.3, -0.25) is 0 Å². The van der Waals surface area contributed by atoms with E-state index in [0.29, 0.717) is 0 Å². The fourth-order valence-electron chi connectivity index (χ4n) is 2.43. The summed E-state index contributed by atoms with van der Waals surface area (Å²) < 4.78 is 0. The molecule has 106 valence electrons. The maximum absolute atomic E-state index is 9.31. The maximum Gasteiger partial charge on any atom is 0.0685 e. The van der Waals surface area contributed by atoms with E-state index in [2.05, 4.69) is 19.2 Å². The number of rotatable bonds is 5. The zero-order valence-electron chi connectivity index (χ0n) is 11.9. The molecule has 2 nitrogen and oxygen atoms in total. The second-order valence-corrected chi connectivity index (χ2v) is 5.48. The monoisotopic (exact) mass is 289 g/mol. The first-order valence-corrected chi connectivity index (χ1v) is 7.13. The van der Waals surface area contributed by atoms with Crippen LogP contribution >= 0.6 is 11.6 Å². The molecule has 0 atom stereocenters. The molecule has 0 heterocycles. The van der Waals surface area contributed by atoms with Crippen LogP contribution in [-0.2, 0) is 19.7 Å². The molecule has 0 unspecified atom stereocenters. The van der Waals surface area contributed by atoms with Gasteiger partial charge in [0.2, 0.25) is 0 Å². The molecule has 2 N–H and O–H groups in total. The first-order chi connectivity index (χ1) is 9.61. The lowest BCUT2D eigenvalue weighted by molar-refractivity contribution is 0.280. The highest BCUT2D eigenvalue weighted by Crippen LogP contribution is 2.20. The summed E-state index contributed by atoms with van der Waals surface area (Å²) in [6, 6.07) is 11.9. The fourth-order valence-corrected chi connectivity index (χ4v) is 2.75. The highest BCUT2D eigenvalue weighted by atomic mass is 35.5. The van der Waals surface area contributed by atoms with Crippen molar-refractivity contribution < 1.29 is 5.11 Å². The van der Waals surface area contributed by atoms with E-state index < -0.39 is 0 Å². The minimum absolute atomic E-state index is 0.0802. The fraction of sp³-hybridized carbons (Fsp3) is 0.294. The molecular formula is C17H20ClNO. The van der Waals surface area contributed by atoms with Crippen LogP contribution in [0.2, 0.25) is 5.02 Å². The van der Waals surface area contributed by atoms with Crippen molar-refractivity contribution >= 4 is 11.6 Å². The topological polar surface area (TPSA) is 32.3 Å². The van der Waals surface area contributed by atoms with Gasteiger partial charge in [-0.1, -0.05) is 35.9 Å². The lowest BCUT2D eigenvalue weighted by Crippen LogP contribution is -2.15. The summed E-state index contributed by atoms with van der Waals surface area (Å²) in [5.41, 5.74) is 5.82. The van der Waals surface area contributed by atoms with Crippen LogP contribution in [0.1, 0.15) is 27.8 Å². The third-order valence-corrected chi connectivity index (χ3v) is 3.78. The summed E-state index contributed by atoms with van der Waals surface area (Å²) in [6.07, 6.45) is 0. The van der Waals surface area contributed by atoms with Gasteiger partial charge in [-0.15, -0.1) is 0 Å². The average Bonchev–Trinajstić information content (AvgIpc) is 2.42. The van der Waals surface area contributed by atoms with Crippen molar-refractivity contribution in [3.8, 4) is 0 Å². The van der Waals surface area contributed by atoms with Gasteiger partial charge in [-0.2, -0.15) is 0 Å². The molecule has 0 aromatic heterocycles. The molecule has 0 amide bonds. The third-order valence-electron chi connectivity index (χ3n) is 3.57. The minimum Gasteiger partial charge on any atom is -0.392 e. The van der Waals surface area contributed by atoms with Gasteiger partial charge in [0.15, 0.2) is 0 Å². The van der Waals surface area contributed by atoms with Crippen molar-refractivity contribution in [1.82, 2.24) is 5.32 Å². The molecule has 0 spiro atoms. The molecule has 0 aliphatic carbocycles. The first-order valence-electron chi connectivity index (χ1n) is 6.76. The van der Waals surface area contributed by atoms with Crippen LogP contribution in [0.15, 0.2) is 36.4 Å². The number of aryl methyl sites for hydroxylation is 2. The molecule has 2 aromatic carbocycles. The molecule has 0 aliphatic heterocycles. The Hall–Kier alpha value is -1.35. The van der Waals surface area contributed by atoms with E-state index in [1.807, 2.05) is 36.4 Å². The minimum atomic E-state index is 0.0802. The number of nitrogens with one attached hydrogen (secondary N) is 1. The Balaban J connectivity index is 2.03. The first kappa shape index (κ1) is 15.0. The molecule has 2 rings (SSSR count). The largest absolute Gasteiger partial charge is 0.392 e. The molecule has 0 bridgehead atoms. The predicted molar refractivity (Wildman–Crippen MR) is 83.8 cm³/mol. The van der Waals surface area contributed by atoms with Gasteiger partial charge in [0.05, 0.1) is 6.61 Å². The van der Waals surface area contributed by atoms with Gasteiger partial charge in [-0.25, -0.2) is 0 Å². The van der Waals surface area contributed by atoms with Crippen LogP contribution in [0.4, 0.5) is 0 Å². The van der Waals surface area contributed by atoms with Crippen LogP contribution in [0.3, 0.4) is 0 Å². The van der Waals surface area contributed by atoms with Crippen molar-refractivity contribution in [2.24, 2.45) is 0 Å². The molecule has 0 radical (unpaired) electrons. The SMILES string of the molecule is Cc1cc(Cl)cc(C)c1CNCc1ccccc1CO. The van der Waals surface area contributed by atoms with Gasteiger partial charge in [0.1, 0.15) is 0 Å². The lowest BCUT2D eigenvalue weighted by atomic mass is 10.0. The van der Waals surface area contributed by atoms with Crippen molar-refractivity contribution in [2.75, 3.05) is 0 Å². The van der Waals surface area contributed by atoms with E-state index in [9.17, 15) is 5.11 Å². The average molecular weight is 290 g/mol. The van der Waals surface area contributed by atoms with Crippen LogP contribution in [0, 0.1) is 13.8 Å². The van der Waals surface area contributed by atoms with E-state index in [0.717, 1.165) is 29.2 Å². The number of aliphatic hydroxyl groups is 1. The lowest BCUT2D eigenvalue weighted by Gasteiger charge is -2.13. The van der Waals surface area contributed by atoms with E-state index in [1.165, 1.54) is 16.7 Å². The Labute approximate surface area is 125 Å². The van der Waals surface area contributed by atoms with Gasteiger partial charge < -0.3 is 10.4 Å². The van der Waals surface area contributed by atoms with Gasteiger partial charge in [0.25, 0.3) is 0 Å². The number of halogens is 1. The zero-order chi connectivity index (χ0) is 14.5. The highest BCUT2D eigenvalue weighted by Gasteiger charge is 2.05. The Morgan fingerprint density at radius 2 is 1.60 bits per heavy atom. The van der Waals surface area contributed by atoms with Crippen molar-refractivity contribution in [3.63, 3.8) is 0 Å².